The van der Waals surface area contributed by atoms with Crippen molar-refractivity contribution < 1.29 is 18.0 Å². The second-order valence-electron chi connectivity index (χ2n) is 7.14. The van der Waals surface area contributed by atoms with E-state index in [-0.39, 0.29) is 16.3 Å². The van der Waals surface area contributed by atoms with E-state index in [1.807, 2.05) is 0 Å². The Hall–Kier alpha value is -3.96. The van der Waals surface area contributed by atoms with Gasteiger partial charge in [0.1, 0.15) is 5.82 Å². The Morgan fingerprint density at radius 3 is 2.41 bits per heavy atom. The second-order valence-corrected chi connectivity index (χ2v) is 9.25. The minimum Gasteiger partial charge on any atom is -0.269 e. The molecule has 34 heavy (non-hydrogen) atoms. The molecule has 0 saturated heterocycles. The molecule has 1 atom stereocenters. The fourth-order valence-electron chi connectivity index (χ4n) is 2.99. The van der Waals surface area contributed by atoms with Gasteiger partial charge in [0.25, 0.3) is 21.8 Å². The van der Waals surface area contributed by atoms with Gasteiger partial charge in [-0.1, -0.05) is 17.7 Å². The fraction of sp³-hybridized carbons (Fsp3) is 0.0909. The third-order valence-electron chi connectivity index (χ3n) is 4.72. The Kier molecular flexibility index (Phi) is 6.48. The van der Waals surface area contributed by atoms with Crippen LogP contribution < -0.4 is 4.72 Å². The number of amides is 2. The smallest absolute Gasteiger partial charge is 0.269 e. The number of halogens is 1. The molecule has 2 aromatic carbocycles. The number of hydrogen-bond acceptors (Lipinski definition) is 8. The first-order valence-electron chi connectivity index (χ1n) is 9.88. The molecule has 1 aliphatic rings. The van der Waals surface area contributed by atoms with Crippen molar-refractivity contribution in [1.82, 2.24) is 9.99 Å². The number of hydrazone groups is 1. The van der Waals surface area contributed by atoms with Crippen molar-refractivity contribution in [1.29, 1.82) is 0 Å². The van der Waals surface area contributed by atoms with Crippen molar-refractivity contribution in [3.05, 3.63) is 83.5 Å². The number of imide groups is 1. The van der Waals surface area contributed by atoms with Gasteiger partial charge in [0.15, 0.2) is 6.04 Å². The lowest BCUT2D eigenvalue weighted by molar-refractivity contribution is -0.127. The zero-order chi connectivity index (χ0) is 24.3. The molecule has 0 radical (unpaired) electrons. The van der Waals surface area contributed by atoms with E-state index in [1.54, 1.807) is 31.2 Å². The summed E-state index contributed by atoms with van der Waals surface area (Å²) in [6.07, 6.45) is 1.47. The first kappa shape index (κ1) is 23.2. The van der Waals surface area contributed by atoms with Gasteiger partial charge >= 0.3 is 0 Å². The van der Waals surface area contributed by atoms with Crippen LogP contribution in [0.4, 0.5) is 11.5 Å². The monoisotopic (exact) mass is 496 g/mol. The summed E-state index contributed by atoms with van der Waals surface area (Å²) in [7, 11) is -3.83. The summed E-state index contributed by atoms with van der Waals surface area (Å²) in [5, 5.41) is 13.3. The zero-order valence-electron chi connectivity index (χ0n) is 17.7. The maximum Gasteiger partial charge on any atom is 0.282 e. The Morgan fingerprint density at radius 1 is 1.06 bits per heavy atom. The Balaban J connectivity index is 1.45. The molecule has 0 fully saturated rings. The SMILES string of the molecule is CC1=NN(C(=O)c2ccc(Cl)cc2)C(=O)[C@@H]1N=Nc1ccc(S(=O)(=O)Nc2ccccn2)cc1. The largest absolute Gasteiger partial charge is 0.282 e. The van der Waals surface area contributed by atoms with E-state index in [0.717, 1.165) is 5.01 Å². The van der Waals surface area contributed by atoms with Gasteiger partial charge in [-0.2, -0.15) is 20.3 Å². The maximum absolute atomic E-state index is 12.7. The first-order chi connectivity index (χ1) is 16.2. The molecule has 1 N–H and O–H groups in total. The number of nitrogens with zero attached hydrogens (tertiary/aromatic N) is 5. The third kappa shape index (κ3) is 5.00. The molecule has 0 unspecified atom stereocenters. The normalized spacial score (nSPS) is 16.1. The van der Waals surface area contributed by atoms with Crippen molar-refractivity contribution in [3.63, 3.8) is 0 Å². The highest BCUT2D eigenvalue weighted by molar-refractivity contribution is 7.92. The minimum atomic E-state index is -3.83. The van der Waals surface area contributed by atoms with Crippen LogP contribution in [0, 0.1) is 0 Å². The maximum atomic E-state index is 12.7. The summed E-state index contributed by atoms with van der Waals surface area (Å²) in [4.78, 5) is 29.2. The van der Waals surface area contributed by atoms with Gasteiger partial charge in [-0.05, 0) is 67.6 Å². The lowest BCUT2D eigenvalue weighted by atomic mass is 10.2. The van der Waals surface area contributed by atoms with Crippen LogP contribution in [-0.2, 0) is 14.8 Å². The standard InChI is InChI=1S/C22H17ClN6O4S/c1-14-20(22(31)29(27-14)21(30)15-5-7-16(23)8-6-15)26-25-17-9-11-18(12-10-17)34(32,33)28-19-4-2-3-13-24-19/h2-13,20H,1H3,(H,24,28)/t20-/m1/s1. The fourth-order valence-corrected chi connectivity index (χ4v) is 4.12. The van der Waals surface area contributed by atoms with Crippen LogP contribution in [0.2, 0.25) is 5.02 Å². The quantitative estimate of drug-likeness (QED) is 0.406. The van der Waals surface area contributed by atoms with Crippen LogP contribution in [0.5, 0.6) is 0 Å². The minimum absolute atomic E-state index is 0.00604. The molecular formula is C22H17ClN6O4S. The highest BCUT2D eigenvalue weighted by Crippen LogP contribution is 2.22. The van der Waals surface area contributed by atoms with Crippen LogP contribution in [0.3, 0.4) is 0 Å². The average molecular weight is 497 g/mol. The number of rotatable bonds is 6. The predicted molar refractivity (Wildman–Crippen MR) is 126 cm³/mol. The molecule has 2 heterocycles. The van der Waals surface area contributed by atoms with Gasteiger partial charge in [0.05, 0.1) is 16.3 Å². The lowest BCUT2D eigenvalue weighted by Gasteiger charge is -2.10. The number of hydrogen-bond donors (Lipinski definition) is 1. The molecule has 2 amide bonds. The van der Waals surface area contributed by atoms with E-state index >= 15 is 0 Å². The van der Waals surface area contributed by atoms with E-state index in [4.69, 9.17) is 11.6 Å². The number of nitrogens with one attached hydrogen (secondary N) is 1. The number of benzene rings is 2. The number of anilines is 1. The first-order valence-corrected chi connectivity index (χ1v) is 11.7. The van der Waals surface area contributed by atoms with E-state index in [1.165, 1.54) is 48.7 Å². The number of aromatic nitrogens is 1. The summed E-state index contributed by atoms with van der Waals surface area (Å²) in [5.74, 6) is -1.05. The molecule has 0 aliphatic carbocycles. The topological polar surface area (TPSA) is 134 Å². The van der Waals surface area contributed by atoms with E-state index in [9.17, 15) is 18.0 Å². The van der Waals surface area contributed by atoms with Gasteiger partial charge in [0.2, 0.25) is 0 Å². The summed E-state index contributed by atoms with van der Waals surface area (Å²) < 4.78 is 27.4. The molecule has 12 heteroatoms. The van der Waals surface area contributed by atoms with Crippen LogP contribution >= 0.6 is 11.6 Å². The van der Waals surface area contributed by atoms with Gasteiger partial charge in [-0.15, -0.1) is 0 Å². The van der Waals surface area contributed by atoms with Crippen molar-refractivity contribution in [2.75, 3.05) is 4.72 Å². The average Bonchev–Trinajstić information content (AvgIpc) is 3.11. The molecule has 172 valence electrons. The van der Waals surface area contributed by atoms with E-state index in [2.05, 4.69) is 25.0 Å². The number of carbonyl (C=O) groups is 2. The van der Waals surface area contributed by atoms with Gasteiger partial charge in [0, 0.05) is 16.8 Å². The van der Waals surface area contributed by atoms with Gasteiger partial charge in [-0.3, -0.25) is 14.3 Å². The van der Waals surface area contributed by atoms with Crippen molar-refractivity contribution in [2.24, 2.45) is 15.3 Å². The molecule has 1 aliphatic heterocycles. The number of carbonyl (C=O) groups excluding carboxylic acids is 2. The third-order valence-corrected chi connectivity index (χ3v) is 6.34. The van der Waals surface area contributed by atoms with Crippen LogP contribution in [-0.4, -0.2) is 42.0 Å². The predicted octanol–water partition coefficient (Wildman–Crippen LogP) is 4.05. The Morgan fingerprint density at radius 2 is 1.76 bits per heavy atom. The summed E-state index contributed by atoms with van der Waals surface area (Å²) in [5.41, 5.74) is 0.873. The molecule has 1 aromatic heterocycles. The van der Waals surface area contributed by atoms with Crippen LogP contribution in [0.15, 0.2) is 93.2 Å². The molecule has 4 rings (SSSR count). The zero-order valence-corrected chi connectivity index (χ0v) is 19.2. The van der Waals surface area contributed by atoms with E-state index < -0.39 is 27.9 Å². The number of sulfonamides is 1. The molecule has 10 nitrogen and oxygen atoms in total. The second kappa shape index (κ2) is 9.49. The molecule has 0 spiro atoms. The number of azo groups is 1. The van der Waals surface area contributed by atoms with Crippen molar-refractivity contribution in [2.45, 2.75) is 17.9 Å². The Bertz CT molecular complexity index is 1390. The van der Waals surface area contributed by atoms with Crippen LogP contribution in [0.25, 0.3) is 0 Å². The van der Waals surface area contributed by atoms with Crippen molar-refractivity contribution in [3.8, 4) is 0 Å². The highest BCUT2D eigenvalue weighted by atomic mass is 35.5. The molecule has 0 saturated carbocycles. The Labute approximate surface area is 200 Å². The summed E-state index contributed by atoms with van der Waals surface area (Å²) in [6, 6.07) is 15.5. The van der Waals surface area contributed by atoms with Gasteiger partial charge in [-0.25, -0.2) is 13.4 Å². The number of pyridine rings is 1. The van der Waals surface area contributed by atoms with Crippen molar-refractivity contribution >= 4 is 50.7 Å². The van der Waals surface area contributed by atoms with Crippen LogP contribution in [0.1, 0.15) is 17.3 Å². The molecular weight excluding hydrogens is 480 g/mol. The van der Waals surface area contributed by atoms with Gasteiger partial charge < -0.3 is 0 Å². The molecule has 0 bridgehead atoms. The highest BCUT2D eigenvalue weighted by Gasteiger charge is 2.38. The summed E-state index contributed by atoms with van der Waals surface area (Å²) in [6.45, 7) is 1.57. The summed E-state index contributed by atoms with van der Waals surface area (Å²) >= 11 is 5.84. The molecule has 3 aromatic rings. The van der Waals surface area contributed by atoms with E-state index in [0.29, 0.717) is 16.4 Å². The lowest BCUT2D eigenvalue weighted by Crippen LogP contribution is -2.34.